The number of aliphatic carboxylic acids is 1. The summed E-state index contributed by atoms with van der Waals surface area (Å²) in [5, 5.41) is 15.3. The van der Waals surface area contributed by atoms with Crippen LogP contribution in [0, 0.1) is 5.92 Å². The number of fused-ring (bicyclic) bond motifs is 3. The van der Waals surface area contributed by atoms with Gasteiger partial charge in [0.05, 0.1) is 12.7 Å². The van der Waals surface area contributed by atoms with Gasteiger partial charge in [-0.2, -0.15) is 0 Å². The molecule has 8 heteroatoms. The molecule has 1 fully saturated rings. The smallest absolute Gasteiger partial charge is 0.407 e. The van der Waals surface area contributed by atoms with Crippen molar-refractivity contribution in [3.63, 3.8) is 0 Å². The van der Waals surface area contributed by atoms with Crippen molar-refractivity contribution in [2.24, 2.45) is 5.92 Å². The fourth-order valence-electron chi connectivity index (χ4n) is 5.86. The minimum absolute atomic E-state index is 0.00572. The first-order chi connectivity index (χ1) is 19.9. The Labute approximate surface area is 240 Å². The highest BCUT2D eigenvalue weighted by Gasteiger charge is 2.33. The molecule has 2 amide bonds. The number of carbonyl (C=O) groups is 3. The number of carboxylic acid groups (broad SMARTS) is 1. The molecular weight excluding hydrogens is 520 g/mol. The van der Waals surface area contributed by atoms with Gasteiger partial charge >= 0.3 is 12.1 Å². The lowest BCUT2D eigenvalue weighted by molar-refractivity contribution is -0.147. The summed E-state index contributed by atoms with van der Waals surface area (Å²) in [5.41, 5.74) is 5.60. The van der Waals surface area contributed by atoms with Crippen LogP contribution in [0.3, 0.4) is 0 Å². The van der Waals surface area contributed by atoms with Gasteiger partial charge in [-0.1, -0.05) is 78.9 Å². The Morgan fingerprint density at radius 2 is 1.44 bits per heavy atom. The molecule has 0 saturated heterocycles. The van der Waals surface area contributed by atoms with E-state index in [0.717, 1.165) is 16.7 Å². The molecule has 214 valence electrons. The number of nitrogens with one attached hydrogen (secondary N) is 2. The number of hydrogen-bond donors (Lipinski definition) is 3. The van der Waals surface area contributed by atoms with Crippen LogP contribution in [-0.4, -0.2) is 47.9 Å². The monoisotopic (exact) mass is 556 g/mol. The molecule has 3 N–H and O–H groups in total. The van der Waals surface area contributed by atoms with Gasteiger partial charge in [-0.25, -0.2) is 9.59 Å². The van der Waals surface area contributed by atoms with E-state index in [0.29, 0.717) is 25.7 Å². The van der Waals surface area contributed by atoms with Crippen LogP contribution < -0.4 is 10.6 Å². The summed E-state index contributed by atoms with van der Waals surface area (Å²) in [7, 11) is 0. The molecule has 2 atom stereocenters. The van der Waals surface area contributed by atoms with E-state index in [9.17, 15) is 19.5 Å². The van der Waals surface area contributed by atoms with Crippen molar-refractivity contribution in [2.45, 2.75) is 63.3 Å². The van der Waals surface area contributed by atoms with Crippen LogP contribution in [0.15, 0.2) is 78.9 Å². The zero-order chi connectivity index (χ0) is 28.8. The number of hydrogen-bond acceptors (Lipinski definition) is 5. The molecule has 0 radical (unpaired) electrons. The predicted molar refractivity (Wildman–Crippen MR) is 154 cm³/mol. The van der Waals surface area contributed by atoms with E-state index >= 15 is 0 Å². The van der Waals surface area contributed by atoms with E-state index in [2.05, 4.69) is 34.9 Å². The summed E-state index contributed by atoms with van der Waals surface area (Å²) < 4.78 is 11.4. The van der Waals surface area contributed by atoms with Crippen molar-refractivity contribution in [1.82, 2.24) is 10.6 Å². The first kappa shape index (κ1) is 28.4. The maximum atomic E-state index is 12.9. The van der Waals surface area contributed by atoms with Crippen LogP contribution in [0.2, 0.25) is 0 Å². The Balaban J connectivity index is 1.07. The second-order valence-electron chi connectivity index (χ2n) is 10.8. The van der Waals surface area contributed by atoms with Crippen LogP contribution in [0.4, 0.5) is 4.79 Å². The number of rotatable bonds is 10. The van der Waals surface area contributed by atoms with Crippen LogP contribution in [0.5, 0.6) is 0 Å². The Bertz CT molecular complexity index is 1320. The van der Waals surface area contributed by atoms with Gasteiger partial charge in [-0.3, -0.25) is 4.79 Å². The Kier molecular flexibility index (Phi) is 8.99. The van der Waals surface area contributed by atoms with Crippen molar-refractivity contribution in [2.75, 3.05) is 6.61 Å². The lowest BCUT2D eigenvalue weighted by Gasteiger charge is -2.30. The van der Waals surface area contributed by atoms with Gasteiger partial charge in [0.2, 0.25) is 5.91 Å². The average molecular weight is 557 g/mol. The maximum absolute atomic E-state index is 12.9. The lowest BCUT2D eigenvalue weighted by atomic mass is 9.85. The maximum Gasteiger partial charge on any atom is 0.407 e. The zero-order valence-electron chi connectivity index (χ0n) is 23.1. The summed E-state index contributed by atoms with van der Waals surface area (Å²) in [5.74, 6) is -1.76. The zero-order valence-corrected chi connectivity index (χ0v) is 23.1. The van der Waals surface area contributed by atoms with Crippen molar-refractivity contribution in [3.8, 4) is 11.1 Å². The summed E-state index contributed by atoms with van der Waals surface area (Å²) >= 11 is 0. The second-order valence-corrected chi connectivity index (χ2v) is 10.8. The molecule has 0 bridgehead atoms. The standard InChI is InChI=1S/C33H36N2O6/c1-21(40-19-22-9-3-2-4-10-22)30(32(37)38)35-31(36)23-15-17-24(18-16-23)34-33(39)41-20-29-27-13-7-5-11-25(27)26-12-6-8-14-28(26)29/h2-14,21,23-24,29-30H,15-20H2,1H3,(H,34,39)(H,35,36)(H,37,38)/t21-,23?,24?,30+/m0/s1. The first-order valence-corrected chi connectivity index (χ1v) is 14.2. The highest BCUT2D eigenvalue weighted by Crippen LogP contribution is 2.44. The van der Waals surface area contributed by atoms with E-state index in [1.165, 1.54) is 11.1 Å². The van der Waals surface area contributed by atoms with Crippen LogP contribution in [0.25, 0.3) is 11.1 Å². The van der Waals surface area contributed by atoms with E-state index in [1.807, 2.05) is 54.6 Å². The number of ether oxygens (including phenoxy) is 2. The molecule has 0 heterocycles. The third kappa shape index (κ3) is 6.77. The van der Waals surface area contributed by atoms with Gasteiger partial charge in [0, 0.05) is 17.9 Å². The molecule has 0 unspecified atom stereocenters. The molecule has 2 aliphatic carbocycles. The van der Waals surface area contributed by atoms with Gasteiger partial charge in [-0.15, -0.1) is 0 Å². The third-order valence-electron chi connectivity index (χ3n) is 8.15. The number of carboxylic acids is 1. The number of alkyl carbamates (subject to hydrolysis) is 1. The van der Waals surface area contributed by atoms with Crippen molar-refractivity contribution >= 4 is 18.0 Å². The Hall–Kier alpha value is -4.17. The van der Waals surface area contributed by atoms with Gasteiger partial charge in [0.15, 0.2) is 6.04 Å². The SMILES string of the molecule is C[C@H](OCc1ccccc1)[C@@H](NC(=O)C1CCC(NC(=O)OCC2c3ccccc3-c3ccccc32)CC1)C(=O)O. The van der Waals surface area contributed by atoms with Crippen molar-refractivity contribution in [3.05, 3.63) is 95.6 Å². The lowest BCUT2D eigenvalue weighted by Crippen LogP contribution is -2.51. The number of benzene rings is 3. The van der Waals surface area contributed by atoms with Crippen LogP contribution in [-0.2, 0) is 25.7 Å². The fourth-order valence-corrected chi connectivity index (χ4v) is 5.86. The Morgan fingerprint density at radius 1 is 0.854 bits per heavy atom. The van der Waals surface area contributed by atoms with Crippen LogP contribution >= 0.6 is 0 Å². The average Bonchev–Trinajstić information content (AvgIpc) is 3.32. The molecule has 0 aliphatic heterocycles. The molecule has 0 aromatic heterocycles. The third-order valence-corrected chi connectivity index (χ3v) is 8.15. The second kappa shape index (κ2) is 13.0. The molecule has 2 aliphatic rings. The fraction of sp³-hybridized carbons (Fsp3) is 0.364. The van der Waals surface area contributed by atoms with Crippen molar-refractivity contribution < 1.29 is 29.0 Å². The van der Waals surface area contributed by atoms with E-state index < -0.39 is 24.2 Å². The molecular formula is C33H36N2O6. The summed E-state index contributed by atoms with van der Waals surface area (Å²) in [6, 6.07) is 24.6. The number of carbonyl (C=O) groups excluding carboxylic acids is 2. The first-order valence-electron chi connectivity index (χ1n) is 14.2. The molecule has 8 nitrogen and oxygen atoms in total. The van der Waals surface area contributed by atoms with E-state index in [4.69, 9.17) is 9.47 Å². The largest absolute Gasteiger partial charge is 0.480 e. The van der Waals surface area contributed by atoms with Crippen LogP contribution in [0.1, 0.15) is 55.2 Å². The predicted octanol–water partition coefficient (Wildman–Crippen LogP) is 5.26. The van der Waals surface area contributed by atoms with Crippen molar-refractivity contribution in [1.29, 1.82) is 0 Å². The minimum Gasteiger partial charge on any atom is -0.480 e. The molecule has 3 aromatic rings. The normalized spacial score (nSPS) is 19.3. The van der Waals surface area contributed by atoms with Gasteiger partial charge < -0.3 is 25.2 Å². The van der Waals surface area contributed by atoms with E-state index in [1.54, 1.807) is 6.92 Å². The topological polar surface area (TPSA) is 114 Å². The molecule has 5 rings (SSSR count). The quantitative estimate of drug-likeness (QED) is 0.314. The highest BCUT2D eigenvalue weighted by atomic mass is 16.5. The summed E-state index contributed by atoms with van der Waals surface area (Å²) in [6.07, 6.45) is 1.15. The molecule has 1 saturated carbocycles. The number of amides is 2. The minimum atomic E-state index is -1.15. The van der Waals surface area contributed by atoms with Gasteiger partial charge in [0.1, 0.15) is 6.61 Å². The summed E-state index contributed by atoms with van der Waals surface area (Å²) in [4.78, 5) is 37.5. The van der Waals surface area contributed by atoms with Gasteiger partial charge in [-0.05, 0) is 60.4 Å². The molecule has 0 spiro atoms. The molecule has 3 aromatic carbocycles. The highest BCUT2D eigenvalue weighted by molar-refractivity contribution is 5.85. The van der Waals surface area contributed by atoms with E-state index in [-0.39, 0.29) is 37.0 Å². The summed E-state index contributed by atoms with van der Waals surface area (Å²) in [6.45, 7) is 2.16. The molecule has 41 heavy (non-hydrogen) atoms. The van der Waals surface area contributed by atoms with Gasteiger partial charge in [0.25, 0.3) is 0 Å². The Morgan fingerprint density at radius 3 is 2.05 bits per heavy atom.